The Bertz CT molecular complexity index is 350. The number of aryl methyl sites for hydroxylation is 2. The maximum Gasteiger partial charge on any atom is 0.303 e. The Morgan fingerprint density at radius 2 is 1.88 bits per heavy atom. The van der Waals surface area contributed by atoms with Gasteiger partial charge in [-0.1, -0.05) is 25.3 Å². The molecule has 0 unspecified atom stereocenters. The zero-order chi connectivity index (χ0) is 12.5. The van der Waals surface area contributed by atoms with E-state index >= 15 is 0 Å². The molecular weight excluding hydrogens is 214 g/mol. The Morgan fingerprint density at radius 1 is 1.18 bits per heavy atom. The summed E-state index contributed by atoms with van der Waals surface area (Å²) in [6.45, 7) is 0. The third-order valence-corrected chi connectivity index (χ3v) is 2.99. The van der Waals surface area contributed by atoms with E-state index in [9.17, 15) is 4.79 Å². The van der Waals surface area contributed by atoms with Gasteiger partial charge in [-0.2, -0.15) is 0 Å². The largest absolute Gasteiger partial charge is 0.481 e. The van der Waals surface area contributed by atoms with Crippen LogP contribution in [0.4, 0.5) is 0 Å². The van der Waals surface area contributed by atoms with Gasteiger partial charge in [0.05, 0.1) is 0 Å². The molecule has 1 rings (SSSR count). The summed E-state index contributed by atoms with van der Waals surface area (Å²) in [6, 6.07) is 6.27. The molecule has 0 radical (unpaired) electrons. The number of carboxylic acids is 1. The maximum absolute atomic E-state index is 10.3. The molecule has 0 spiro atoms. The number of unbranched alkanes of at least 4 members (excludes halogenated alkanes) is 4. The van der Waals surface area contributed by atoms with E-state index < -0.39 is 5.97 Å². The summed E-state index contributed by atoms with van der Waals surface area (Å²) in [4.78, 5) is 10.3. The lowest BCUT2D eigenvalue weighted by Crippen LogP contribution is -2.32. The molecule has 0 saturated heterocycles. The molecule has 1 heterocycles. The smallest absolute Gasteiger partial charge is 0.303 e. The third kappa shape index (κ3) is 6.05. The first-order valence-corrected chi connectivity index (χ1v) is 6.35. The Balaban J connectivity index is 2.05. The van der Waals surface area contributed by atoms with Crippen molar-refractivity contribution in [2.24, 2.45) is 7.05 Å². The quantitative estimate of drug-likeness (QED) is 0.556. The van der Waals surface area contributed by atoms with Crippen molar-refractivity contribution in [3.05, 3.63) is 30.1 Å². The highest BCUT2D eigenvalue weighted by molar-refractivity contribution is 5.66. The predicted octanol–water partition coefficient (Wildman–Crippen LogP) is 2.48. The van der Waals surface area contributed by atoms with Crippen molar-refractivity contribution < 1.29 is 14.5 Å². The second-order valence-corrected chi connectivity index (χ2v) is 4.46. The van der Waals surface area contributed by atoms with Gasteiger partial charge >= 0.3 is 5.97 Å². The van der Waals surface area contributed by atoms with Crippen molar-refractivity contribution in [2.45, 2.75) is 44.9 Å². The summed E-state index contributed by atoms with van der Waals surface area (Å²) in [5.74, 6) is -0.679. The molecule has 0 fully saturated rings. The lowest BCUT2D eigenvalue weighted by atomic mass is 10.1. The van der Waals surface area contributed by atoms with Crippen LogP contribution in [0.3, 0.4) is 0 Å². The van der Waals surface area contributed by atoms with E-state index in [0.717, 1.165) is 25.7 Å². The van der Waals surface area contributed by atoms with Crippen LogP contribution in [0.5, 0.6) is 0 Å². The average Bonchev–Trinajstić information content (AvgIpc) is 2.30. The Labute approximate surface area is 103 Å². The highest BCUT2D eigenvalue weighted by atomic mass is 16.4. The van der Waals surface area contributed by atoms with Crippen LogP contribution < -0.4 is 4.57 Å². The third-order valence-electron chi connectivity index (χ3n) is 2.99. The van der Waals surface area contributed by atoms with Crippen LogP contribution in [-0.4, -0.2) is 11.1 Å². The number of pyridine rings is 1. The van der Waals surface area contributed by atoms with Crippen molar-refractivity contribution in [1.29, 1.82) is 0 Å². The van der Waals surface area contributed by atoms with Crippen molar-refractivity contribution in [3.8, 4) is 0 Å². The Kier molecular flexibility index (Phi) is 6.30. The molecule has 0 aliphatic heterocycles. The van der Waals surface area contributed by atoms with Gasteiger partial charge in [0.25, 0.3) is 0 Å². The van der Waals surface area contributed by atoms with E-state index in [0.29, 0.717) is 6.42 Å². The molecule has 94 valence electrons. The monoisotopic (exact) mass is 236 g/mol. The van der Waals surface area contributed by atoms with E-state index in [2.05, 4.69) is 29.9 Å². The summed E-state index contributed by atoms with van der Waals surface area (Å²) in [6.07, 6.45) is 8.86. The van der Waals surface area contributed by atoms with Gasteiger partial charge in [0.1, 0.15) is 7.05 Å². The van der Waals surface area contributed by atoms with E-state index in [1.165, 1.54) is 18.5 Å². The molecule has 3 nitrogen and oxygen atoms in total. The van der Waals surface area contributed by atoms with Crippen molar-refractivity contribution in [2.75, 3.05) is 0 Å². The molecule has 0 atom stereocenters. The minimum Gasteiger partial charge on any atom is -0.481 e. The van der Waals surface area contributed by atoms with Crippen LogP contribution in [0, 0.1) is 0 Å². The summed E-state index contributed by atoms with van der Waals surface area (Å²) in [5, 5.41) is 8.49. The molecule has 1 N–H and O–H groups in total. The highest BCUT2D eigenvalue weighted by Crippen LogP contribution is 2.07. The predicted molar refractivity (Wildman–Crippen MR) is 66.7 cm³/mol. The van der Waals surface area contributed by atoms with Gasteiger partial charge in [-0.3, -0.25) is 4.79 Å². The molecule has 17 heavy (non-hydrogen) atoms. The standard InChI is InChI=1S/C14H21NO2/c1-15-12-8-7-10-13(15)9-5-3-2-4-6-11-14(16)17/h7-8,10,12H,2-6,9,11H2,1H3/p+1. The van der Waals surface area contributed by atoms with E-state index in [-0.39, 0.29) is 0 Å². The lowest BCUT2D eigenvalue weighted by molar-refractivity contribution is -0.679. The molecule has 0 bridgehead atoms. The van der Waals surface area contributed by atoms with Gasteiger partial charge in [-0.25, -0.2) is 4.57 Å². The van der Waals surface area contributed by atoms with Crippen LogP contribution in [-0.2, 0) is 18.3 Å². The number of nitrogens with zero attached hydrogens (tertiary/aromatic N) is 1. The molecular formula is C14H22NO2+. The molecule has 1 aromatic rings. The summed E-state index contributed by atoms with van der Waals surface area (Å²) >= 11 is 0. The number of rotatable bonds is 8. The first kappa shape index (κ1) is 13.7. The molecule has 0 aliphatic carbocycles. The minimum atomic E-state index is -0.679. The number of carboxylic acid groups (broad SMARTS) is 1. The van der Waals surface area contributed by atoms with Crippen LogP contribution in [0.25, 0.3) is 0 Å². The van der Waals surface area contributed by atoms with Crippen LogP contribution in [0.2, 0.25) is 0 Å². The van der Waals surface area contributed by atoms with Crippen LogP contribution in [0.15, 0.2) is 24.4 Å². The Hall–Kier alpha value is -1.38. The van der Waals surface area contributed by atoms with Gasteiger partial charge < -0.3 is 5.11 Å². The molecule has 0 amide bonds. The minimum absolute atomic E-state index is 0.313. The number of aliphatic carboxylic acids is 1. The molecule has 0 saturated carbocycles. The van der Waals surface area contributed by atoms with Crippen LogP contribution >= 0.6 is 0 Å². The molecule has 0 aliphatic rings. The number of hydrogen-bond donors (Lipinski definition) is 1. The first-order valence-electron chi connectivity index (χ1n) is 6.35. The zero-order valence-electron chi connectivity index (χ0n) is 10.6. The zero-order valence-corrected chi connectivity index (χ0v) is 10.6. The van der Waals surface area contributed by atoms with Gasteiger partial charge in [-0.05, 0) is 12.8 Å². The van der Waals surface area contributed by atoms with Crippen molar-refractivity contribution >= 4 is 5.97 Å². The fourth-order valence-corrected chi connectivity index (χ4v) is 1.93. The summed E-state index contributed by atoms with van der Waals surface area (Å²) in [7, 11) is 2.07. The normalized spacial score (nSPS) is 10.4. The number of aromatic nitrogens is 1. The van der Waals surface area contributed by atoms with Gasteiger partial charge in [-0.15, -0.1) is 0 Å². The van der Waals surface area contributed by atoms with E-state index in [4.69, 9.17) is 5.11 Å². The Morgan fingerprint density at radius 3 is 2.59 bits per heavy atom. The van der Waals surface area contributed by atoms with Gasteiger partial charge in [0.2, 0.25) is 0 Å². The maximum atomic E-state index is 10.3. The SMILES string of the molecule is C[n+]1ccccc1CCCCCCCC(=O)O. The topological polar surface area (TPSA) is 41.2 Å². The van der Waals surface area contributed by atoms with E-state index in [1.807, 2.05) is 6.07 Å². The van der Waals surface area contributed by atoms with Crippen molar-refractivity contribution in [3.63, 3.8) is 0 Å². The second-order valence-electron chi connectivity index (χ2n) is 4.46. The molecule has 3 heteroatoms. The highest BCUT2D eigenvalue weighted by Gasteiger charge is 2.03. The van der Waals surface area contributed by atoms with Gasteiger partial charge in [0.15, 0.2) is 11.9 Å². The summed E-state index contributed by atoms with van der Waals surface area (Å²) < 4.78 is 2.16. The average molecular weight is 236 g/mol. The first-order chi connectivity index (χ1) is 8.20. The van der Waals surface area contributed by atoms with E-state index in [1.54, 1.807) is 0 Å². The number of hydrogen-bond acceptors (Lipinski definition) is 1. The lowest BCUT2D eigenvalue weighted by Gasteiger charge is -2.00. The van der Waals surface area contributed by atoms with Crippen LogP contribution in [0.1, 0.15) is 44.2 Å². The fraction of sp³-hybridized carbons (Fsp3) is 0.571. The number of carbonyl (C=O) groups is 1. The second kappa shape index (κ2) is 7.82. The molecule has 1 aromatic heterocycles. The fourth-order valence-electron chi connectivity index (χ4n) is 1.93. The summed E-state index contributed by atoms with van der Waals surface area (Å²) in [5.41, 5.74) is 1.36. The molecule has 0 aromatic carbocycles. The van der Waals surface area contributed by atoms with Gasteiger partial charge in [0, 0.05) is 25.0 Å². The van der Waals surface area contributed by atoms with Crippen molar-refractivity contribution in [1.82, 2.24) is 0 Å².